The van der Waals surface area contributed by atoms with Gasteiger partial charge in [0.05, 0.1) is 12.0 Å². The molecule has 5 nitrogen and oxygen atoms in total. The molecule has 1 saturated heterocycles. The van der Waals surface area contributed by atoms with Crippen molar-refractivity contribution >= 4 is 12.0 Å². The summed E-state index contributed by atoms with van der Waals surface area (Å²) in [6, 6.07) is -0.632. The Labute approximate surface area is 94.8 Å². The standard InChI is InChI=1S/C11H16N2O3/c1-4-8(3)12-11(16)13-5-7(2)9(6-13)10(14)15/h1,7-9H,5-6H2,2-3H3,(H,12,16)(H,14,15)/t7-,8?,9-/m1/s1. The van der Waals surface area contributed by atoms with Gasteiger partial charge in [-0.1, -0.05) is 12.8 Å². The van der Waals surface area contributed by atoms with E-state index in [9.17, 15) is 9.59 Å². The van der Waals surface area contributed by atoms with Crippen LogP contribution >= 0.6 is 0 Å². The van der Waals surface area contributed by atoms with Crippen molar-refractivity contribution in [2.45, 2.75) is 19.9 Å². The van der Waals surface area contributed by atoms with Gasteiger partial charge in [0, 0.05) is 13.1 Å². The van der Waals surface area contributed by atoms with Crippen LogP contribution in [0, 0.1) is 24.2 Å². The Bertz CT molecular complexity index is 335. The highest BCUT2D eigenvalue weighted by Crippen LogP contribution is 2.22. The number of hydrogen-bond acceptors (Lipinski definition) is 2. The van der Waals surface area contributed by atoms with Crippen molar-refractivity contribution in [2.24, 2.45) is 11.8 Å². The van der Waals surface area contributed by atoms with Crippen molar-refractivity contribution in [3.05, 3.63) is 0 Å². The molecule has 1 unspecified atom stereocenters. The van der Waals surface area contributed by atoms with E-state index in [4.69, 9.17) is 11.5 Å². The predicted molar refractivity (Wildman–Crippen MR) is 58.7 cm³/mol. The van der Waals surface area contributed by atoms with Crippen LogP contribution in [0.25, 0.3) is 0 Å². The molecule has 1 aliphatic rings. The summed E-state index contributed by atoms with van der Waals surface area (Å²) < 4.78 is 0. The summed E-state index contributed by atoms with van der Waals surface area (Å²) in [5.41, 5.74) is 0. The first kappa shape index (κ1) is 12.4. The van der Waals surface area contributed by atoms with Gasteiger partial charge >= 0.3 is 12.0 Å². The second-order valence-electron chi connectivity index (χ2n) is 4.16. The molecule has 0 saturated carbocycles. The second kappa shape index (κ2) is 4.88. The molecule has 0 bridgehead atoms. The minimum Gasteiger partial charge on any atom is -0.481 e. The van der Waals surface area contributed by atoms with Crippen molar-refractivity contribution < 1.29 is 14.7 Å². The Morgan fingerprint density at radius 3 is 2.62 bits per heavy atom. The van der Waals surface area contributed by atoms with Crippen LogP contribution in [0.4, 0.5) is 4.79 Å². The second-order valence-corrected chi connectivity index (χ2v) is 4.16. The lowest BCUT2D eigenvalue weighted by Crippen LogP contribution is -2.42. The van der Waals surface area contributed by atoms with Gasteiger partial charge in [-0.3, -0.25) is 4.79 Å². The average Bonchev–Trinajstić information content (AvgIpc) is 2.60. The minimum atomic E-state index is -0.854. The summed E-state index contributed by atoms with van der Waals surface area (Å²) in [5, 5.41) is 11.5. The topological polar surface area (TPSA) is 69.6 Å². The van der Waals surface area contributed by atoms with Gasteiger partial charge in [-0.2, -0.15) is 0 Å². The molecule has 5 heteroatoms. The summed E-state index contributed by atoms with van der Waals surface area (Å²) in [6.07, 6.45) is 5.14. The highest BCUT2D eigenvalue weighted by atomic mass is 16.4. The van der Waals surface area contributed by atoms with Gasteiger partial charge in [0.15, 0.2) is 0 Å². The number of aliphatic carboxylic acids is 1. The van der Waals surface area contributed by atoms with Crippen LogP contribution in [0.3, 0.4) is 0 Å². The van der Waals surface area contributed by atoms with Gasteiger partial charge in [-0.05, 0) is 12.8 Å². The number of terminal acetylenes is 1. The van der Waals surface area contributed by atoms with Crippen LogP contribution in [0.1, 0.15) is 13.8 Å². The first-order valence-electron chi connectivity index (χ1n) is 5.20. The van der Waals surface area contributed by atoms with Gasteiger partial charge in [-0.15, -0.1) is 6.42 Å². The zero-order valence-electron chi connectivity index (χ0n) is 9.43. The third-order valence-corrected chi connectivity index (χ3v) is 2.81. The molecule has 88 valence electrons. The summed E-state index contributed by atoms with van der Waals surface area (Å²) in [4.78, 5) is 24.0. The minimum absolute atomic E-state index is 0.0237. The van der Waals surface area contributed by atoms with Crippen LogP contribution in [-0.2, 0) is 4.79 Å². The van der Waals surface area contributed by atoms with Crippen molar-refractivity contribution in [3.63, 3.8) is 0 Å². The largest absolute Gasteiger partial charge is 0.481 e. The maximum absolute atomic E-state index is 11.7. The Kier molecular flexibility index (Phi) is 3.78. The molecule has 0 aliphatic carbocycles. The number of hydrogen-bond donors (Lipinski definition) is 2. The van der Waals surface area contributed by atoms with E-state index in [-0.39, 0.29) is 24.5 Å². The first-order chi connectivity index (χ1) is 7.45. The number of urea groups is 1. The number of carbonyl (C=O) groups is 2. The van der Waals surface area contributed by atoms with Crippen molar-refractivity contribution in [2.75, 3.05) is 13.1 Å². The Morgan fingerprint density at radius 1 is 1.56 bits per heavy atom. The normalized spacial score (nSPS) is 25.9. The number of amides is 2. The Morgan fingerprint density at radius 2 is 2.19 bits per heavy atom. The number of carboxylic acid groups (broad SMARTS) is 1. The molecular weight excluding hydrogens is 208 g/mol. The number of carbonyl (C=O) groups excluding carboxylic acids is 1. The third kappa shape index (κ3) is 2.66. The van der Waals surface area contributed by atoms with Crippen LogP contribution in [0.15, 0.2) is 0 Å². The lowest BCUT2D eigenvalue weighted by atomic mass is 9.99. The first-order valence-corrected chi connectivity index (χ1v) is 5.20. The van der Waals surface area contributed by atoms with Gasteiger partial charge in [0.25, 0.3) is 0 Å². The molecule has 0 aromatic carbocycles. The molecule has 3 atom stereocenters. The van der Waals surface area contributed by atoms with E-state index in [0.717, 1.165) is 0 Å². The van der Waals surface area contributed by atoms with E-state index in [2.05, 4.69) is 11.2 Å². The van der Waals surface area contributed by atoms with Gasteiger partial charge in [0.1, 0.15) is 0 Å². The van der Waals surface area contributed by atoms with Crippen LogP contribution in [0.5, 0.6) is 0 Å². The SMILES string of the molecule is C#CC(C)NC(=O)N1C[C@@H](C)[C@H](C(=O)O)C1. The molecule has 2 amide bonds. The lowest BCUT2D eigenvalue weighted by molar-refractivity contribution is -0.142. The molecular formula is C11H16N2O3. The maximum Gasteiger partial charge on any atom is 0.318 e. The Hall–Kier alpha value is -1.70. The fourth-order valence-electron chi connectivity index (χ4n) is 1.77. The summed E-state index contributed by atoms with van der Waals surface area (Å²) >= 11 is 0. The van der Waals surface area contributed by atoms with E-state index in [1.54, 1.807) is 6.92 Å². The van der Waals surface area contributed by atoms with Gasteiger partial charge < -0.3 is 15.3 Å². The summed E-state index contributed by atoms with van der Waals surface area (Å²) in [5.74, 6) is 1.03. The van der Waals surface area contributed by atoms with Crippen LogP contribution < -0.4 is 5.32 Å². The Balaban J connectivity index is 2.55. The van der Waals surface area contributed by atoms with Crippen molar-refractivity contribution in [1.82, 2.24) is 10.2 Å². The van der Waals surface area contributed by atoms with E-state index >= 15 is 0 Å². The smallest absolute Gasteiger partial charge is 0.318 e. The summed E-state index contributed by atoms with van der Waals surface area (Å²) in [7, 11) is 0. The summed E-state index contributed by atoms with van der Waals surface area (Å²) in [6.45, 7) is 4.24. The van der Waals surface area contributed by atoms with Crippen LogP contribution in [-0.4, -0.2) is 41.1 Å². The average molecular weight is 224 g/mol. The monoisotopic (exact) mass is 224 g/mol. The zero-order chi connectivity index (χ0) is 12.3. The molecule has 16 heavy (non-hydrogen) atoms. The van der Waals surface area contributed by atoms with E-state index in [0.29, 0.717) is 6.54 Å². The number of likely N-dealkylation sites (tertiary alicyclic amines) is 1. The van der Waals surface area contributed by atoms with E-state index in [1.807, 2.05) is 6.92 Å². The van der Waals surface area contributed by atoms with Gasteiger partial charge in [0.2, 0.25) is 0 Å². The van der Waals surface area contributed by atoms with E-state index < -0.39 is 11.9 Å². The molecule has 1 rings (SSSR count). The highest BCUT2D eigenvalue weighted by molar-refractivity contribution is 5.78. The molecule has 0 spiro atoms. The molecule has 0 radical (unpaired) electrons. The quantitative estimate of drug-likeness (QED) is 0.666. The number of nitrogens with zero attached hydrogens (tertiary/aromatic N) is 1. The molecule has 2 N–H and O–H groups in total. The number of rotatable bonds is 2. The fourth-order valence-corrected chi connectivity index (χ4v) is 1.77. The highest BCUT2D eigenvalue weighted by Gasteiger charge is 2.37. The van der Waals surface area contributed by atoms with E-state index in [1.165, 1.54) is 4.90 Å². The predicted octanol–water partition coefficient (Wildman–Crippen LogP) is 0.370. The molecule has 0 aromatic rings. The van der Waals surface area contributed by atoms with Crippen LogP contribution in [0.2, 0.25) is 0 Å². The maximum atomic E-state index is 11.7. The molecule has 1 aliphatic heterocycles. The number of nitrogens with one attached hydrogen (secondary N) is 1. The van der Waals surface area contributed by atoms with Gasteiger partial charge in [-0.25, -0.2) is 4.79 Å². The number of carboxylic acids is 1. The molecule has 1 heterocycles. The fraction of sp³-hybridized carbons (Fsp3) is 0.636. The van der Waals surface area contributed by atoms with Crippen molar-refractivity contribution in [1.29, 1.82) is 0 Å². The van der Waals surface area contributed by atoms with Crippen molar-refractivity contribution in [3.8, 4) is 12.3 Å². The third-order valence-electron chi connectivity index (χ3n) is 2.81. The molecule has 0 aromatic heterocycles. The molecule has 1 fully saturated rings. The lowest BCUT2D eigenvalue weighted by Gasteiger charge is -2.18. The zero-order valence-corrected chi connectivity index (χ0v) is 9.43.